The van der Waals surface area contributed by atoms with E-state index in [-0.39, 0.29) is 5.91 Å². The maximum atomic E-state index is 12.3. The first-order valence-electron chi connectivity index (χ1n) is 6.37. The molecule has 0 saturated carbocycles. The summed E-state index contributed by atoms with van der Waals surface area (Å²) in [6, 6.07) is 7.21. The maximum absolute atomic E-state index is 12.3. The Morgan fingerprint density at radius 1 is 1.43 bits per heavy atom. The molecule has 2 aromatic rings. The molecule has 0 aliphatic heterocycles. The first-order chi connectivity index (χ1) is 10.0. The Morgan fingerprint density at radius 3 is 2.81 bits per heavy atom. The van der Waals surface area contributed by atoms with Crippen LogP contribution in [0, 0.1) is 10.5 Å². The Balaban J connectivity index is 2.18. The van der Waals surface area contributed by atoms with Crippen LogP contribution in [0.3, 0.4) is 0 Å². The van der Waals surface area contributed by atoms with Crippen LogP contribution in [0.2, 0.25) is 0 Å². The number of carbonyl (C=O) groups excluding carboxylic acids is 1. The fourth-order valence-electron chi connectivity index (χ4n) is 1.77. The molecule has 4 nitrogen and oxygen atoms in total. The van der Waals surface area contributed by atoms with Crippen LogP contribution in [0.15, 0.2) is 34.9 Å². The van der Waals surface area contributed by atoms with E-state index in [0.29, 0.717) is 18.0 Å². The Morgan fingerprint density at radius 2 is 2.19 bits per heavy atom. The fourth-order valence-corrected chi connectivity index (χ4v) is 2.87. The third kappa shape index (κ3) is 4.16. The summed E-state index contributed by atoms with van der Waals surface area (Å²) in [5, 5.41) is 2.82. The first kappa shape index (κ1) is 16.2. The number of amides is 1. The average Bonchev–Trinajstić information content (AvgIpc) is 2.44. The van der Waals surface area contributed by atoms with E-state index < -0.39 is 0 Å². The second-order valence-corrected chi connectivity index (χ2v) is 6.45. The van der Waals surface area contributed by atoms with E-state index >= 15 is 0 Å². The lowest BCUT2D eigenvalue weighted by atomic mass is 10.2. The van der Waals surface area contributed by atoms with Crippen LogP contribution in [0.4, 0.5) is 5.82 Å². The van der Waals surface area contributed by atoms with Crippen LogP contribution in [0.25, 0.3) is 0 Å². The zero-order chi connectivity index (χ0) is 15.4. The van der Waals surface area contributed by atoms with Gasteiger partial charge in [0.2, 0.25) is 0 Å². The van der Waals surface area contributed by atoms with Gasteiger partial charge < -0.3 is 10.1 Å². The molecule has 1 aromatic heterocycles. The highest BCUT2D eigenvalue weighted by atomic mass is 127. The molecule has 6 heteroatoms. The van der Waals surface area contributed by atoms with Crippen molar-refractivity contribution >= 4 is 50.2 Å². The molecule has 21 heavy (non-hydrogen) atoms. The normalized spacial score (nSPS) is 10.3. The molecule has 0 spiro atoms. The number of hydrogen-bond acceptors (Lipinski definition) is 3. The van der Waals surface area contributed by atoms with Gasteiger partial charge in [0.25, 0.3) is 5.91 Å². The first-order valence-corrected chi connectivity index (χ1v) is 8.24. The largest absolute Gasteiger partial charge is 0.493 e. The van der Waals surface area contributed by atoms with Gasteiger partial charge in [0, 0.05) is 15.3 Å². The Kier molecular flexibility index (Phi) is 5.58. The van der Waals surface area contributed by atoms with E-state index in [1.807, 2.05) is 19.9 Å². The van der Waals surface area contributed by atoms with E-state index in [2.05, 4.69) is 48.8 Å². The van der Waals surface area contributed by atoms with E-state index in [1.165, 1.54) is 0 Å². The number of rotatable bonds is 4. The van der Waals surface area contributed by atoms with Crippen molar-refractivity contribution in [3.63, 3.8) is 0 Å². The van der Waals surface area contributed by atoms with Crippen molar-refractivity contribution in [1.82, 2.24) is 4.98 Å². The van der Waals surface area contributed by atoms with E-state index in [9.17, 15) is 4.79 Å². The second kappa shape index (κ2) is 7.22. The van der Waals surface area contributed by atoms with Gasteiger partial charge in [0.15, 0.2) is 0 Å². The van der Waals surface area contributed by atoms with Crippen molar-refractivity contribution in [3.8, 4) is 5.75 Å². The molecule has 110 valence electrons. The number of hydrogen-bond donors (Lipinski definition) is 1. The molecular weight excluding hydrogens is 447 g/mol. The van der Waals surface area contributed by atoms with Crippen molar-refractivity contribution in [3.05, 3.63) is 49.6 Å². The number of nitrogens with one attached hydrogen (secondary N) is 1. The Bertz CT molecular complexity index is 677. The van der Waals surface area contributed by atoms with Crippen molar-refractivity contribution in [1.29, 1.82) is 0 Å². The van der Waals surface area contributed by atoms with E-state index in [0.717, 1.165) is 19.4 Å². The van der Waals surface area contributed by atoms with Crippen LogP contribution < -0.4 is 10.1 Å². The highest BCUT2D eigenvalue weighted by molar-refractivity contribution is 14.1. The van der Waals surface area contributed by atoms with Crippen LogP contribution in [0.5, 0.6) is 5.75 Å². The quantitative estimate of drug-likeness (QED) is 0.687. The topological polar surface area (TPSA) is 51.2 Å². The average molecular weight is 461 g/mol. The van der Waals surface area contributed by atoms with Crippen LogP contribution in [0.1, 0.15) is 22.8 Å². The molecule has 1 aromatic carbocycles. The van der Waals surface area contributed by atoms with Crippen LogP contribution >= 0.6 is 38.5 Å². The number of pyridine rings is 1. The summed E-state index contributed by atoms with van der Waals surface area (Å²) < 4.78 is 7.22. The molecule has 1 amide bonds. The molecule has 0 aliphatic rings. The summed E-state index contributed by atoms with van der Waals surface area (Å²) in [5.74, 6) is 1.10. The van der Waals surface area contributed by atoms with Gasteiger partial charge >= 0.3 is 0 Å². The number of anilines is 1. The molecule has 0 aliphatic carbocycles. The lowest BCUT2D eigenvalue weighted by Gasteiger charge is -2.10. The third-order valence-electron chi connectivity index (χ3n) is 2.77. The monoisotopic (exact) mass is 460 g/mol. The van der Waals surface area contributed by atoms with Gasteiger partial charge in [-0.1, -0.05) is 0 Å². The summed E-state index contributed by atoms with van der Waals surface area (Å²) in [6.07, 6.45) is 1.72. The molecule has 0 radical (unpaired) electrons. The molecule has 2 rings (SSSR count). The Labute approximate surface area is 145 Å². The number of halogens is 2. The van der Waals surface area contributed by atoms with Crippen molar-refractivity contribution in [2.75, 3.05) is 11.9 Å². The summed E-state index contributed by atoms with van der Waals surface area (Å²) in [5.41, 5.74) is 1.48. The predicted octanol–water partition coefficient (Wildman–Crippen LogP) is 4.41. The van der Waals surface area contributed by atoms with E-state index in [1.54, 1.807) is 24.4 Å². The number of nitrogens with zero attached hydrogens (tertiary/aromatic N) is 1. The molecular formula is C15H14BrIN2O2. The number of aryl methyl sites for hydroxylation is 1. The maximum Gasteiger partial charge on any atom is 0.256 e. The number of aromatic nitrogens is 1. The van der Waals surface area contributed by atoms with Crippen LogP contribution in [-0.4, -0.2) is 17.5 Å². The SMILES string of the molecule is CCOc1ccc(C(=O)Nc2ncc(I)cc2C)cc1Br. The molecule has 0 saturated heterocycles. The fraction of sp³-hybridized carbons (Fsp3) is 0.200. The molecule has 1 heterocycles. The lowest BCUT2D eigenvalue weighted by Crippen LogP contribution is -2.14. The Hall–Kier alpha value is -1.15. The molecule has 0 fully saturated rings. The van der Waals surface area contributed by atoms with Gasteiger partial charge in [0.05, 0.1) is 11.1 Å². The van der Waals surface area contributed by atoms with Gasteiger partial charge in [-0.05, 0) is 82.2 Å². The molecule has 0 bridgehead atoms. The minimum atomic E-state index is -0.199. The van der Waals surface area contributed by atoms with Crippen molar-refractivity contribution < 1.29 is 9.53 Å². The van der Waals surface area contributed by atoms with Gasteiger partial charge in [0.1, 0.15) is 11.6 Å². The van der Waals surface area contributed by atoms with Gasteiger partial charge in [-0.2, -0.15) is 0 Å². The zero-order valence-electron chi connectivity index (χ0n) is 11.6. The minimum Gasteiger partial charge on any atom is -0.493 e. The highest BCUT2D eigenvalue weighted by Gasteiger charge is 2.11. The lowest BCUT2D eigenvalue weighted by molar-refractivity contribution is 0.102. The van der Waals surface area contributed by atoms with Crippen molar-refractivity contribution in [2.24, 2.45) is 0 Å². The number of carbonyl (C=O) groups is 1. The second-order valence-electron chi connectivity index (χ2n) is 4.35. The molecule has 1 N–H and O–H groups in total. The molecule has 0 unspecified atom stereocenters. The summed E-state index contributed by atoms with van der Waals surface area (Å²) >= 11 is 5.59. The standard InChI is InChI=1S/C15H14BrIN2O2/c1-3-21-13-5-4-10(7-12(13)16)15(20)19-14-9(2)6-11(17)8-18-14/h4-8H,3H2,1-2H3,(H,18,19,20). The van der Waals surface area contributed by atoms with Gasteiger partial charge in [-0.15, -0.1) is 0 Å². The smallest absolute Gasteiger partial charge is 0.256 e. The van der Waals surface area contributed by atoms with E-state index in [4.69, 9.17) is 4.74 Å². The molecule has 0 atom stereocenters. The number of benzene rings is 1. The summed E-state index contributed by atoms with van der Waals surface area (Å²) in [7, 11) is 0. The summed E-state index contributed by atoms with van der Waals surface area (Å²) in [6.45, 7) is 4.41. The van der Waals surface area contributed by atoms with Crippen molar-refractivity contribution in [2.45, 2.75) is 13.8 Å². The number of ether oxygens (including phenoxy) is 1. The van der Waals surface area contributed by atoms with Gasteiger partial charge in [-0.3, -0.25) is 4.79 Å². The highest BCUT2D eigenvalue weighted by Crippen LogP contribution is 2.26. The zero-order valence-corrected chi connectivity index (χ0v) is 15.4. The van der Waals surface area contributed by atoms with Crippen LogP contribution in [-0.2, 0) is 0 Å². The minimum absolute atomic E-state index is 0.199. The van der Waals surface area contributed by atoms with Gasteiger partial charge in [-0.25, -0.2) is 4.98 Å². The third-order valence-corrected chi connectivity index (χ3v) is 3.98. The predicted molar refractivity (Wildman–Crippen MR) is 95.0 cm³/mol. The summed E-state index contributed by atoms with van der Waals surface area (Å²) in [4.78, 5) is 16.5.